The first-order valence-electron chi connectivity index (χ1n) is 4.09. The van der Waals surface area contributed by atoms with Gasteiger partial charge < -0.3 is 9.73 Å². The van der Waals surface area contributed by atoms with Crippen LogP contribution in [0.2, 0.25) is 5.22 Å². The number of furan rings is 1. The molecule has 14 heavy (non-hydrogen) atoms. The maximum atomic E-state index is 5.62. The number of halogens is 1. The van der Waals surface area contributed by atoms with Gasteiger partial charge >= 0.3 is 0 Å². The van der Waals surface area contributed by atoms with Crippen LogP contribution < -0.4 is 5.32 Å². The minimum Gasteiger partial charge on any atom is -0.448 e. The highest BCUT2D eigenvalue weighted by Gasteiger charge is 1.99. The molecule has 2 rings (SSSR count). The Kier molecular flexibility index (Phi) is 2.65. The van der Waals surface area contributed by atoms with Gasteiger partial charge in [0.05, 0.1) is 12.7 Å². The lowest BCUT2D eigenvalue weighted by Crippen LogP contribution is -1.99. The van der Waals surface area contributed by atoms with Crippen LogP contribution in [0.3, 0.4) is 0 Å². The van der Waals surface area contributed by atoms with Crippen molar-refractivity contribution in [3.8, 4) is 0 Å². The molecular weight excluding hydrogens is 202 g/mol. The van der Waals surface area contributed by atoms with Gasteiger partial charge in [-0.25, -0.2) is 4.98 Å². The van der Waals surface area contributed by atoms with Crippen molar-refractivity contribution in [2.24, 2.45) is 0 Å². The number of rotatable bonds is 3. The Morgan fingerprint density at radius 2 is 2.29 bits per heavy atom. The van der Waals surface area contributed by atoms with E-state index in [-0.39, 0.29) is 0 Å². The molecule has 4 nitrogen and oxygen atoms in total. The minimum atomic E-state index is 0.390. The Balaban J connectivity index is 1.95. The molecule has 72 valence electrons. The Morgan fingerprint density at radius 1 is 1.36 bits per heavy atom. The molecule has 0 bridgehead atoms. The van der Waals surface area contributed by atoms with E-state index >= 15 is 0 Å². The highest BCUT2D eigenvalue weighted by atomic mass is 35.5. The average Bonchev–Trinajstić information content (AvgIpc) is 2.63. The summed E-state index contributed by atoms with van der Waals surface area (Å²) >= 11 is 5.62. The lowest BCUT2D eigenvalue weighted by atomic mass is 10.4. The number of anilines is 1. The molecule has 2 aromatic heterocycles. The maximum absolute atomic E-state index is 5.62. The predicted octanol–water partition coefficient (Wildman–Crippen LogP) is 2.34. The molecule has 0 aliphatic carbocycles. The summed E-state index contributed by atoms with van der Waals surface area (Å²) in [7, 11) is 0. The fourth-order valence-corrected chi connectivity index (χ4v) is 1.18. The smallest absolute Gasteiger partial charge is 0.193 e. The molecule has 0 aliphatic heterocycles. The van der Waals surface area contributed by atoms with E-state index in [4.69, 9.17) is 16.0 Å². The standard InChI is InChI=1S/C9H8ClN3O/c10-8-2-1-7(14-8)5-13-9-6-11-3-4-12-9/h1-4,6H,5H2,(H,12,13). The van der Waals surface area contributed by atoms with Crippen LogP contribution in [-0.4, -0.2) is 9.97 Å². The zero-order valence-electron chi connectivity index (χ0n) is 7.27. The van der Waals surface area contributed by atoms with Gasteiger partial charge in [0, 0.05) is 12.4 Å². The highest BCUT2D eigenvalue weighted by molar-refractivity contribution is 6.28. The van der Waals surface area contributed by atoms with E-state index < -0.39 is 0 Å². The molecule has 0 spiro atoms. The molecule has 0 aliphatic rings. The van der Waals surface area contributed by atoms with Crippen LogP contribution >= 0.6 is 11.6 Å². The third-order valence-electron chi connectivity index (χ3n) is 1.64. The van der Waals surface area contributed by atoms with Crippen LogP contribution in [0.15, 0.2) is 35.1 Å². The van der Waals surface area contributed by atoms with E-state index in [2.05, 4.69) is 15.3 Å². The van der Waals surface area contributed by atoms with Crippen LogP contribution in [0.1, 0.15) is 5.76 Å². The summed E-state index contributed by atoms with van der Waals surface area (Å²) in [5.74, 6) is 1.47. The molecule has 2 heterocycles. The molecule has 0 amide bonds. The fraction of sp³-hybridized carbons (Fsp3) is 0.111. The first-order chi connectivity index (χ1) is 6.84. The maximum Gasteiger partial charge on any atom is 0.193 e. The summed E-state index contributed by atoms with van der Waals surface area (Å²) in [4.78, 5) is 7.97. The van der Waals surface area contributed by atoms with Crippen LogP contribution in [0, 0.1) is 0 Å². The summed E-state index contributed by atoms with van der Waals surface area (Å²) in [6, 6.07) is 3.51. The van der Waals surface area contributed by atoms with Crippen molar-refractivity contribution in [2.75, 3.05) is 5.32 Å². The Bertz CT molecular complexity index is 401. The van der Waals surface area contributed by atoms with Gasteiger partial charge in [0.1, 0.15) is 11.6 Å². The molecule has 1 N–H and O–H groups in total. The molecule has 0 atom stereocenters. The molecule has 0 aromatic carbocycles. The third kappa shape index (κ3) is 2.23. The summed E-state index contributed by atoms with van der Waals surface area (Å²) in [6.07, 6.45) is 4.89. The molecule has 0 saturated carbocycles. The van der Waals surface area contributed by atoms with Crippen LogP contribution in [0.4, 0.5) is 5.82 Å². The summed E-state index contributed by atoms with van der Waals surface area (Å²) in [5.41, 5.74) is 0. The van der Waals surface area contributed by atoms with Gasteiger partial charge in [0.2, 0.25) is 0 Å². The lowest BCUT2D eigenvalue weighted by Gasteiger charge is -2.00. The first kappa shape index (κ1) is 9.02. The summed E-state index contributed by atoms with van der Waals surface area (Å²) < 4.78 is 5.16. The summed E-state index contributed by atoms with van der Waals surface area (Å²) in [6.45, 7) is 0.547. The predicted molar refractivity (Wildman–Crippen MR) is 53.1 cm³/mol. The van der Waals surface area contributed by atoms with Gasteiger partial charge in [0.25, 0.3) is 0 Å². The molecule has 2 aromatic rings. The van der Waals surface area contributed by atoms with Gasteiger partial charge in [-0.3, -0.25) is 4.98 Å². The quantitative estimate of drug-likeness (QED) is 0.843. The van der Waals surface area contributed by atoms with Crippen molar-refractivity contribution >= 4 is 17.4 Å². The average molecular weight is 210 g/mol. The molecular formula is C9H8ClN3O. The molecule has 5 heteroatoms. The van der Waals surface area contributed by atoms with Crippen LogP contribution in [0.5, 0.6) is 0 Å². The minimum absolute atomic E-state index is 0.390. The second kappa shape index (κ2) is 4.11. The summed E-state index contributed by atoms with van der Waals surface area (Å²) in [5, 5.41) is 3.44. The number of hydrogen-bond donors (Lipinski definition) is 1. The van der Waals surface area contributed by atoms with Crippen LogP contribution in [-0.2, 0) is 6.54 Å². The number of hydrogen-bond acceptors (Lipinski definition) is 4. The zero-order chi connectivity index (χ0) is 9.80. The van der Waals surface area contributed by atoms with Gasteiger partial charge in [-0.1, -0.05) is 0 Å². The Hall–Kier alpha value is -1.55. The third-order valence-corrected chi connectivity index (χ3v) is 1.84. The van der Waals surface area contributed by atoms with E-state index in [9.17, 15) is 0 Å². The SMILES string of the molecule is Clc1ccc(CNc2cnccn2)o1. The second-order valence-electron chi connectivity index (χ2n) is 2.65. The normalized spacial score (nSPS) is 10.1. The van der Waals surface area contributed by atoms with E-state index in [1.807, 2.05) is 6.07 Å². The number of nitrogens with one attached hydrogen (secondary N) is 1. The van der Waals surface area contributed by atoms with Gasteiger partial charge in [0.15, 0.2) is 5.22 Å². The van der Waals surface area contributed by atoms with Crippen molar-refractivity contribution in [3.05, 3.63) is 41.7 Å². The van der Waals surface area contributed by atoms with Crippen molar-refractivity contribution in [2.45, 2.75) is 6.54 Å². The van der Waals surface area contributed by atoms with Crippen molar-refractivity contribution < 1.29 is 4.42 Å². The largest absolute Gasteiger partial charge is 0.448 e. The van der Waals surface area contributed by atoms with Crippen molar-refractivity contribution in [3.63, 3.8) is 0 Å². The van der Waals surface area contributed by atoms with E-state index in [1.54, 1.807) is 24.7 Å². The number of nitrogens with zero attached hydrogens (tertiary/aromatic N) is 2. The molecule has 0 unspecified atom stereocenters. The van der Waals surface area contributed by atoms with Gasteiger partial charge in [-0.15, -0.1) is 0 Å². The Labute approximate surface area is 85.9 Å². The van der Waals surface area contributed by atoms with Crippen LogP contribution in [0.25, 0.3) is 0 Å². The zero-order valence-corrected chi connectivity index (χ0v) is 8.03. The lowest BCUT2D eigenvalue weighted by molar-refractivity contribution is 0.519. The topological polar surface area (TPSA) is 51.0 Å². The second-order valence-corrected chi connectivity index (χ2v) is 3.02. The first-order valence-corrected chi connectivity index (χ1v) is 4.46. The van der Waals surface area contributed by atoms with E-state index in [0.717, 1.165) is 5.76 Å². The van der Waals surface area contributed by atoms with E-state index in [1.165, 1.54) is 0 Å². The molecule has 0 radical (unpaired) electrons. The highest BCUT2D eigenvalue weighted by Crippen LogP contribution is 2.13. The van der Waals surface area contributed by atoms with Gasteiger partial charge in [-0.05, 0) is 23.7 Å². The van der Waals surface area contributed by atoms with Gasteiger partial charge in [-0.2, -0.15) is 0 Å². The molecule has 0 fully saturated rings. The van der Waals surface area contributed by atoms with E-state index in [0.29, 0.717) is 17.6 Å². The molecule has 0 saturated heterocycles. The monoisotopic (exact) mass is 209 g/mol. The van der Waals surface area contributed by atoms with Crippen molar-refractivity contribution in [1.29, 1.82) is 0 Å². The fourth-order valence-electron chi connectivity index (χ4n) is 1.01. The number of aromatic nitrogens is 2. The Morgan fingerprint density at radius 3 is 2.93 bits per heavy atom. The van der Waals surface area contributed by atoms with Crippen molar-refractivity contribution in [1.82, 2.24) is 9.97 Å².